The zero-order chi connectivity index (χ0) is 78.4. The Bertz CT molecular complexity index is 5970. The quantitative estimate of drug-likeness (QED) is 0.0383. The van der Waals surface area contributed by atoms with Gasteiger partial charge in [0.25, 0.3) is 60.3 Å². The Balaban J connectivity index is 0.000000249. The van der Waals surface area contributed by atoms with Crippen molar-refractivity contribution in [2.45, 2.75) is 39.2 Å². The number of benzene rings is 12. The van der Waals surface area contributed by atoms with Crippen LogP contribution in [0.4, 0.5) is 55.1 Å². The Kier molecular flexibility index (Phi) is 24.6. The number of rotatable bonds is 20. The van der Waals surface area contributed by atoms with E-state index in [-0.39, 0.29) is 148 Å². The molecule has 0 radical (unpaired) electrons. The van der Waals surface area contributed by atoms with Crippen LogP contribution in [-0.2, 0) is 80.6 Å². The van der Waals surface area contributed by atoms with Crippen LogP contribution in [0.15, 0.2) is 258 Å². The van der Waals surface area contributed by atoms with E-state index in [2.05, 4.69) is 40.2 Å². The van der Waals surface area contributed by atoms with Crippen molar-refractivity contribution in [1.29, 1.82) is 0 Å². The van der Waals surface area contributed by atoms with Crippen LogP contribution in [0.25, 0.3) is 43.1 Å². The number of urea groups is 2. The van der Waals surface area contributed by atoms with Crippen LogP contribution in [0.3, 0.4) is 0 Å². The van der Waals surface area contributed by atoms with Gasteiger partial charge < -0.3 is 50.8 Å². The van der Waals surface area contributed by atoms with Gasteiger partial charge in [-0.2, -0.15) is 16.8 Å². The molecule has 12 aromatic rings. The fourth-order valence-electron chi connectivity index (χ4n) is 10.5. The summed E-state index contributed by atoms with van der Waals surface area (Å²) < 4.78 is 246. The van der Waals surface area contributed by atoms with Crippen molar-refractivity contribution < 1.29 is 175 Å². The summed E-state index contributed by atoms with van der Waals surface area (Å²) in [6.07, 6.45) is 0. The van der Waals surface area contributed by atoms with Crippen LogP contribution in [0.2, 0.25) is 0 Å². The molecule has 4 amide bonds. The number of anilines is 8. The fraction of sp³-hybridized carbons (Fsp3) is 0. The molecule has 34 nitrogen and oxygen atoms in total. The van der Waals surface area contributed by atoms with Crippen LogP contribution in [0.1, 0.15) is 0 Å². The molecule has 12 aromatic carbocycles. The molecule has 0 saturated carbocycles. The van der Waals surface area contributed by atoms with Crippen molar-refractivity contribution in [2.75, 3.05) is 40.2 Å². The van der Waals surface area contributed by atoms with Crippen LogP contribution < -0.4 is 99.3 Å². The molecule has 0 heterocycles. The number of aromatic hydroxyl groups is 4. The van der Waals surface area contributed by atoms with Gasteiger partial charge in [-0.05, 0) is 191 Å². The third-order valence-electron chi connectivity index (χ3n) is 15.4. The van der Waals surface area contributed by atoms with Crippen LogP contribution >= 0.6 is 0 Å². The number of carbonyl (C=O) groups is 2. The summed E-state index contributed by atoms with van der Waals surface area (Å²) in [5, 5.41) is 54.2. The first kappa shape index (κ1) is 84.1. The van der Waals surface area contributed by atoms with E-state index in [0.29, 0.717) is 0 Å². The fourth-order valence-corrected chi connectivity index (χ4v) is 17.0. The summed E-state index contributed by atoms with van der Waals surface area (Å²) >= 11 is 0. The van der Waals surface area contributed by atoms with Gasteiger partial charge in [-0.3, -0.25) is 28.0 Å². The largest absolute Gasteiger partial charge is 1.00 e. The second-order valence-corrected chi connectivity index (χ2v) is 35.4. The third kappa shape index (κ3) is 20.2. The van der Waals surface area contributed by atoms with Gasteiger partial charge in [-0.15, -0.1) is 0 Å². The zero-order valence-electron chi connectivity index (χ0n) is 55.9. The van der Waals surface area contributed by atoms with Gasteiger partial charge in [0, 0.05) is 68.6 Å². The molecule has 0 saturated heterocycles. The number of nitrogens with one attached hydrogen (secondary N) is 8. The maximum absolute atomic E-state index is 13.1. The molecule has 110 heavy (non-hydrogen) atoms. The van der Waals surface area contributed by atoms with Crippen molar-refractivity contribution in [2.24, 2.45) is 0 Å². The zero-order valence-corrected chi connectivity index (χ0v) is 66.4. The number of hydrogen-bond acceptors (Lipinski definition) is 24. The van der Waals surface area contributed by atoms with Gasteiger partial charge in [-0.1, -0.05) is 24.3 Å². The molecule has 0 aliphatic rings. The molecule has 12 rings (SSSR count). The van der Waals surface area contributed by atoms with E-state index >= 15 is 0 Å². The number of hydrogen-bond donors (Lipinski definition) is 14. The SMILES string of the molecule is O=C(Nc1ccc2c(O)cc(S(=O)(=O)Nc3cccc(S(=O)(=O)[O-])c3)cc2c1)Nc1ccc2c(O)cc(S(=O)(=O)Nc3cccc(S(=O)(=O)O)c3)cc2c1.O=C(Nc1ccc2c(O)cc(S(=O)(=O)Nc3cccc(S(=O)(=O)[O-])c3)cc2c1)Nc1ccc2c(O)cc(S(=O)(=O)Nc3cccc(S(=O)(=O)O)c3)cc2c1.[Na+].[Na+]. The maximum Gasteiger partial charge on any atom is 1.00 e. The number of carbonyl (C=O) groups excluding carboxylic acids is 2. The Labute approximate surface area is 670 Å². The van der Waals surface area contributed by atoms with E-state index in [9.17, 15) is 116 Å². The van der Waals surface area contributed by atoms with E-state index in [1.807, 2.05) is 0 Å². The first-order chi connectivity index (χ1) is 50.3. The van der Waals surface area contributed by atoms with Crippen LogP contribution in [0, 0.1) is 0 Å². The van der Waals surface area contributed by atoms with Crippen LogP contribution in [-0.4, -0.2) is 118 Å². The molecule has 0 aliphatic heterocycles. The van der Waals surface area contributed by atoms with E-state index in [1.54, 1.807) is 0 Å². The first-order valence-corrected chi connectivity index (χ1v) is 41.6. The average molecular weight is 1670 g/mol. The van der Waals surface area contributed by atoms with Gasteiger partial charge in [0.05, 0.1) is 61.9 Å². The molecule has 44 heteroatoms. The molecular weight excluding hydrogens is 1620 g/mol. The van der Waals surface area contributed by atoms with E-state index in [0.717, 1.165) is 72.8 Å². The number of phenols is 4. The molecule has 0 aromatic heterocycles. The van der Waals surface area contributed by atoms with Crippen molar-refractivity contribution in [3.63, 3.8) is 0 Å². The smallest absolute Gasteiger partial charge is 0.744 e. The Morgan fingerprint density at radius 1 is 0.255 bits per heavy atom. The molecule has 0 aliphatic carbocycles. The summed E-state index contributed by atoms with van der Waals surface area (Å²) in [7, 11) is -36.6. The van der Waals surface area contributed by atoms with E-state index in [4.69, 9.17) is 0 Å². The van der Waals surface area contributed by atoms with Gasteiger partial charge in [-0.25, -0.2) is 60.1 Å². The van der Waals surface area contributed by atoms with Gasteiger partial charge in [0.15, 0.2) is 0 Å². The first-order valence-electron chi connectivity index (χ1n) is 30.0. The molecule has 0 atom stereocenters. The predicted octanol–water partition coefficient (Wildman–Crippen LogP) is 3.61. The van der Waals surface area contributed by atoms with Crippen LogP contribution in [0.5, 0.6) is 23.0 Å². The van der Waals surface area contributed by atoms with Crippen molar-refractivity contribution in [1.82, 2.24) is 0 Å². The van der Waals surface area contributed by atoms with Crippen molar-refractivity contribution in [3.8, 4) is 23.0 Å². The van der Waals surface area contributed by atoms with E-state index < -0.39 is 155 Å². The summed E-state index contributed by atoms with van der Waals surface area (Å²) in [4.78, 5) is 21.9. The summed E-state index contributed by atoms with van der Waals surface area (Å²) in [5.74, 6) is -1.70. The van der Waals surface area contributed by atoms with Crippen molar-refractivity contribution in [3.05, 3.63) is 218 Å². The molecule has 14 N–H and O–H groups in total. The average Bonchev–Trinajstić information content (AvgIpc) is 0.791. The summed E-state index contributed by atoms with van der Waals surface area (Å²) in [6, 6.07) is 41.3. The second-order valence-electron chi connectivity index (χ2n) is 23.1. The molecule has 0 bridgehead atoms. The maximum atomic E-state index is 13.1. The summed E-state index contributed by atoms with van der Waals surface area (Å²) in [6.45, 7) is 0. The number of phenolic OH excluding ortho intramolecular Hbond substituents is 4. The molecule has 560 valence electrons. The standard InChI is InChI=1S/2C33H26N4O13S4.2Na/c2*38-31-17-27(51(41,42)36-23-3-1-5-25(15-23)53(45,46)47)13-19-11-21(7-9-29(19)31)34-33(40)35-22-8-10-30-20(12-22)14-28(18-32(30)39)52(43,44)37-24-4-2-6-26(16-24)54(48,49)50;;/h2*1-18,36-39H,(H2,34,35,40)(H,45,46,47)(H,48,49,50);;/q;;2*+1/p-2. The Morgan fingerprint density at radius 2 is 0.464 bits per heavy atom. The third-order valence-corrected chi connectivity index (χ3v) is 24.2. The normalized spacial score (nSPS) is 12.1. The van der Waals surface area contributed by atoms with E-state index in [1.165, 1.54) is 146 Å². The van der Waals surface area contributed by atoms with Crippen molar-refractivity contribution >= 4 is 181 Å². The Hall–Kier alpha value is -9.94. The van der Waals surface area contributed by atoms with Gasteiger partial charge in [0.2, 0.25) is 0 Å². The summed E-state index contributed by atoms with van der Waals surface area (Å²) in [5.41, 5.74) is -0.169. The number of fused-ring (bicyclic) bond motifs is 4. The Morgan fingerprint density at radius 3 is 0.673 bits per heavy atom. The number of sulfonamides is 4. The minimum absolute atomic E-state index is 0. The van der Waals surface area contributed by atoms with Gasteiger partial charge >= 0.3 is 71.2 Å². The molecule has 0 unspecified atom stereocenters. The monoisotopic (exact) mass is 1670 g/mol. The van der Waals surface area contributed by atoms with Gasteiger partial charge in [0.1, 0.15) is 43.2 Å². The molecular formula is C66H50N8Na2O26S8. The topological polar surface area (TPSA) is 571 Å². The second kappa shape index (κ2) is 32.2. The minimum atomic E-state index is -4.87. The minimum Gasteiger partial charge on any atom is -0.744 e. The molecule has 0 spiro atoms. The molecule has 0 fully saturated rings. The number of amides is 4. The predicted molar refractivity (Wildman–Crippen MR) is 392 cm³/mol.